The van der Waals surface area contributed by atoms with E-state index in [0.29, 0.717) is 11.3 Å². The van der Waals surface area contributed by atoms with E-state index in [1.807, 2.05) is 71.6 Å². The summed E-state index contributed by atoms with van der Waals surface area (Å²) in [6.45, 7) is 2.22. The highest BCUT2D eigenvalue weighted by Gasteiger charge is 2.33. The molecule has 1 aliphatic heterocycles. The Kier molecular flexibility index (Phi) is 7.84. The van der Waals surface area contributed by atoms with Crippen LogP contribution in [0.1, 0.15) is 59.5 Å². The second kappa shape index (κ2) is 11.2. The Hall–Kier alpha value is -3.05. The van der Waals surface area contributed by atoms with Gasteiger partial charge in [0.1, 0.15) is 5.37 Å². The molecule has 0 spiro atoms. The number of benzene rings is 3. The fourth-order valence-electron chi connectivity index (χ4n) is 4.05. The molecule has 4 rings (SSSR count). The van der Waals surface area contributed by atoms with Gasteiger partial charge in [-0.15, -0.1) is 11.8 Å². The largest absolute Gasteiger partial charge is 0.322 e. The van der Waals surface area contributed by atoms with E-state index in [1.165, 1.54) is 31.2 Å². The molecule has 5 heteroatoms. The first-order chi connectivity index (χ1) is 16.2. The van der Waals surface area contributed by atoms with Crippen LogP contribution in [0, 0.1) is 0 Å². The van der Waals surface area contributed by atoms with E-state index >= 15 is 0 Å². The highest BCUT2D eigenvalue weighted by Crippen LogP contribution is 2.41. The molecular weight excluding hydrogens is 428 g/mol. The van der Waals surface area contributed by atoms with Crippen molar-refractivity contribution < 1.29 is 9.59 Å². The van der Waals surface area contributed by atoms with Crippen LogP contribution in [-0.4, -0.2) is 17.6 Å². The summed E-state index contributed by atoms with van der Waals surface area (Å²) in [7, 11) is 0. The Morgan fingerprint density at radius 2 is 1.67 bits per heavy atom. The van der Waals surface area contributed by atoms with Crippen molar-refractivity contribution in [2.75, 3.05) is 16.0 Å². The molecule has 0 radical (unpaired) electrons. The lowest BCUT2D eigenvalue weighted by Gasteiger charge is -2.24. The Labute approximate surface area is 200 Å². The van der Waals surface area contributed by atoms with Crippen molar-refractivity contribution in [3.05, 3.63) is 95.6 Å². The number of carbonyl (C=O) groups excluding carboxylic acids is 2. The van der Waals surface area contributed by atoms with E-state index in [-0.39, 0.29) is 17.2 Å². The Bertz CT molecular complexity index is 1070. The number of amides is 2. The van der Waals surface area contributed by atoms with Crippen molar-refractivity contribution in [3.63, 3.8) is 0 Å². The topological polar surface area (TPSA) is 49.4 Å². The van der Waals surface area contributed by atoms with Crippen LogP contribution >= 0.6 is 11.8 Å². The minimum atomic E-state index is -0.114. The molecule has 3 aromatic rings. The first-order valence-corrected chi connectivity index (χ1v) is 12.7. The summed E-state index contributed by atoms with van der Waals surface area (Å²) in [6, 6.07) is 25.4. The molecule has 1 unspecified atom stereocenters. The first-order valence-electron chi connectivity index (χ1n) is 11.6. The molecule has 1 N–H and O–H groups in total. The quantitative estimate of drug-likeness (QED) is 0.357. The van der Waals surface area contributed by atoms with Crippen LogP contribution in [0.25, 0.3) is 0 Å². The predicted molar refractivity (Wildman–Crippen MR) is 138 cm³/mol. The molecule has 4 nitrogen and oxygen atoms in total. The Morgan fingerprint density at radius 1 is 0.939 bits per heavy atom. The van der Waals surface area contributed by atoms with E-state index in [2.05, 4.69) is 24.4 Å². The number of anilines is 2. The summed E-state index contributed by atoms with van der Waals surface area (Å²) in [5, 5.41) is 2.92. The van der Waals surface area contributed by atoms with Crippen molar-refractivity contribution in [2.45, 2.75) is 44.4 Å². The van der Waals surface area contributed by atoms with Gasteiger partial charge in [-0.1, -0.05) is 68.7 Å². The zero-order valence-electron chi connectivity index (χ0n) is 19.0. The van der Waals surface area contributed by atoms with Gasteiger partial charge in [-0.25, -0.2) is 0 Å². The molecule has 1 saturated heterocycles. The number of nitrogens with one attached hydrogen (secondary N) is 1. The van der Waals surface area contributed by atoms with Gasteiger partial charge in [0.15, 0.2) is 0 Å². The van der Waals surface area contributed by atoms with Crippen molar-refractivity contribution in [1.29, 1.82) is 0 Å². The highest BCUT2D eigenvalue weighted by molar-refractivity contribution is 8.00. The number of para-hydroxylation sites is 1. The highest BCUT2D eigenvalue weighted by atomic mass is 32.2. The van der Waals surface area contributed by atoms with Gasteiger partial charge in [0.25, 0.3) is 5.91 Å². The lowest BCUT2D eigenvalue weighted by atomic mass is 10.0. The number of rotatable bonds is 9. The van der Waals surface area contributed by atoms with E-state index in [0.717, 1.165) is 23.4 Å². The van der Waals surface area contributed by atoms with Gasteiger partial charge < -0.3 is 5.32 Å². The third-order valence-electron chi connectivity index (χ3n) is 5.89. The lowest BCUT2D eigenvalue weighted by molar-refractivity contribution is -0.115. The second-order valence-electron chi connectivity index (χ2n) is 8.35. The number of aryl methyl sites for hydroxylation is 1. The van der Waals surface area contributed by atoms with Gasteiger partial charge in [-0.2, -0.15) is 0 Å². The van der Waals surface area contributed by atoms with Gasteiger partial charge in [0.2, 0.25) is 5.91 Å². The second-order valence-corrected chi connectivity index (χ2v) is 9.41. The molecule has 2 amide bonds. The SMILES string of the molecule is CCCCCCc1ccc(C(=O)Nc2ccc(C3SCC(=O)N3c3ccccc3)cc2)cc1. The first kappa shape index (κ1) is 23.1. The molecule has 33 heavy (non-hydrogen) atoms. The molecule has 0 saturated carbocycles. The zero-order valence-corrected chi connectivity index (χ0v) is 19.8. The van der Waals surface area contributed by atoms with Gasteiger partial charge in [-0.3, -0.25) is 14.5 Å². The average molecular weight is 459 g/mol. The van der Waals surface area contributed by atoms with Crippen LogP contribution in [0.5, 0.6) is 0 Å². The molecule has 170 valence electrons. The summed E-state index contributed by atoms with van der Waals surface area (Å²) in [4.78, 5) is 27.0. The zero-order chi connectivity index (χ0) is 23.0. The van der Waals surface area contributed by atoms with Crippen LogP contribution in [0.15, 0.2) is 78.9 Å². The Morgan fingerprint density at radius 3 is 2.36 bits per heavy atom. The molecule has 0 aliphatic carbocycles. The van der Waals surface area contributed by atoms with Crippen LogP contribution < -0.4 is 10.2 Å². The van der Waals surface area contributed by atoms with Crippen LogP contribution in [0.4, 0.5) is 11.4 Å². The maximum atomic E-state index is 12.7. The van der Waals surface area contributed by atoms with Gasteiger partial charge >= 0.3 is 0 Å². The summed E-state index contributed by atoms with van der Waals surface area (Å²) < 4.78 is 0. The molecule has 0 bridgehead atoms. The summed E-state index contributed by atoms with van der Waals surface area (Å²) in [5.41, 5.74) is 4.62. The van der Waals surface area contributed by atoms with Gasteiger partial charge in [0.05, 0.1) is 5.75 Å². The van der Waals surface area contributed by atoms with Crippen molar-refractivity contribution in [1.82, 2.24) is 0 Å². The average Bonchev–Trinajstić information content (AvgIpc) is 3.24. The van der Waals surface area contributed by atoms with Crippen molar-refractivity contribution >= 4 is 35.0 Å². The monoisotopic (exact) mass is 458 g/mol. The number of carbonyl (C=O) groups is 2. The molecule has 1 heterocycles. The summed E-state index contributed by atoms with van der Waals surface area (Å²) in [5.74, 6) is 0.464. The summed E-state index contributed by atoms with van der Waals surface area (Å²) in [6.07, 6.45) is 6.02. The maximum absolute atomic E-state index is 12.7. The number of hydrogen-bond acceptors (Lipinski definition) is 3. The molecule has 1 fully saturated rings. The van der Waals surface area contributed by atoms with Crippen molar-refractivity contribution in [2.24, 2.45) is 0 Å². The third kappa shape index (κ3) is 5.85. The molecular formula is C28H30N2O2S. The van der Waals surface area contributed by atoms with Gasteiger partial charge in [0, 0.05) is 16.9 Å². The van der Waals surface area contributed by atoms with Crippen molar-refractivity contribution in [3.8, 4) is 0 Å². The Balaban J connectivity index is 1.37. The molecule has 1 aliphatic rings. The molecule has 1 atom stereocenters. The minimum absolute atomic E-state index is 0.0606. The van der Waals surface area contributed by atoms with E-state index < -0.39 is 0 Å². The number of hydrogen-bond donors (Lipinski definition) is 1. The number of thioether (sulfide) groups is 1. The van der Waals surface area contributed by atoms with Crippen LogP contribution in [0.2, 0.25) is 0 Å². The molecule has 0 aromatic heterocycles. The normalized spacial score (nSPS) is 15.6. The maximum Gasteiger partial charge on any atom is 0.255 e. The lowest BCUT2D eigenvalue weighted by Crippen LogP contribution is -2.27. The van der Waals surface area contributed by atoms with Crippen LogP contribution in [0.3, 0.4) is 0 Å². The molecule has 3 aromatic carbocycles. The van der Waals surface area contributed by atoms with E-state index in [1.54, 1.807) is 11.8 Å². The number of unbranched alkanes of at least 4 members (excludes halogenated alkanes) is 3. The smallest absolute Gasteiger partial charge is 0.255 e. The van der Waals surface area contributed by atoms with Crippen LogP contribution in [-0.2, 0) is 11.2 Å². The fraction of sp³-hybridized carbons (Fsp3) is 0.286. The summed E-state index contributed by atoms with van der Waals surface area (Å²) >= 11 is 1.62. The fourth-order valence-corrected chi connectivity index (χ4v) is 5.23. The predicted octanol–water partition coefficient (Wildman–Crippen LogP) is 6.84. The standard InChI is InChI=1S/C28H30N2O2S/c1-2-3-4-6-9-21-12-14-22(15-13-21)27(32)29-24-18-16-23(17-19-24)28-30(26(31)20-33-28)25-10-7-5-8-11-25/h5,7-8,10-19,28H,2-4,6,9,20H2,1H3,(H,29,32). The van der Waals surface area contributed by atoms with E-state index in [9.17, 15) is 9.59 Å². The third-order valence-corrected chi connectivity index (χ3v) is 7.10. The van der Waals surface area contributed by atoms with Gasteiger partial charge in [-0.05, 0) is 60.4 Å². The number of nitrogens with zero attached hydrogens (tertiary/aromatic N) is 1. The van der Waals surface area contributed by atoms with E-state index in [4.69, 9.17) is 0 Å². The minimum Gasteiger partial charge on any atom is -0.322 e.